The molecule has 0 spiro atoms. The van der Waals surface area contributed by atoms with Crippen LogP contribution in [0.15, 0.2) is 48.5 Å². The number of hydrogen-bond donors (Lipinski definition) is 0. The van der Waals surface area contributed by atoms with Gasteiger partial charge in [0, 0.05) is 11.8 Å². The van der Waals surface area contributed by atoms with Gasteiger partial charge in [-0.3, -0.25) is 4.79 Å². The van der Waals surface area contributed by atoms with Gasteiger partial charge in [0.2, 0.25) is 0 Å². The summed E-state index contributed by atoms with van der Waals surface area (Å²) in [4.78, 5) is 13.4. The highest BCUT2D eigenvalue weighted by molar-refractivity contribution is 9.10. The van der Waals surface area contributed by atoms with Crippen LogP contribution in [0.1, 0.15) is 86.8 Å². The number of ketones is 1. The Morgan fingerprint density at radius 1 is 0.977 bits per heavy atom. The minimum atomic E-state index is -5.46. The summed E-state index contributed by atoms with van der Waals surface area (Å²) in [5.74, 6) is -0.844. The number of halogens is 6. The zero-order valence-corrected chi connectivity index (χ0v) is 26.9. The molecule has 5 rings (SSSR count). The molecule has 3 aliphatic carbocycles. The summed E-state index contributed by atoms with van der Waals surface area (Å²) < 4.78 is 68.5. The van der Waals surface area contributed by atoms with E-state index < -0.39 is 18.5 Å². The molecule has 0 heterocycles. The molecule has 2 fully saturated rings. The SMILES string of the molecule is C[C@]12C[C@H](c3ccc(OCCCCCSCCCC(F)(F)C(F)(F)F)cc3)[C@@H]3c4ccccc4CC[C@H]3[C@@H]1C[C@@H](Br)C2=O. The largest absolute Gasteiger partial charge is 0.494 e. The second-order valence-corrected chi connectivity index (χ2v) is 15.1. The third kappa shape index (κ3) is 6.97. The Morgan fingerprint density at radius 2 is 1.70 bits per heavy atom. The summed E-state index contributed by atoms with van der Waals surface area (Å²) >= 11 is 5.12. The van der Waals surface area contributed by atoms with E-state index in [1.165, 1.54) is 28.5 Å². The van der Waals surface area contributed by atoms with Crippen LogP contribution in [0.2, 0.25) is 0 Å². The number of aryl methyl sites for hydroxylation is 1. The van der Waals surface area contributed by atoms with Gasteiger partial charge < -0.3 is 4.74 Å². The summed E-state index contributed by atoms with van der Waals surface area (Å²) in [7, 11) is 0. The molecular formula is C34H40BrF5O2S. The molecule has 0 aliphatic heterocycles. The molecule has 0 bridgehead atoms. The molecule has 0 N–H and O–H groups in total. The Kier molecular flexibility index (Phi) is 10.2. The monoisotopic (exact) mass is 686 g/mol. The van der Waals surface area contributed by atoms with E-state index in [1.54, 1.807) is 0 Å². The molecule has 2 saturated carbocycles. The van der Waals surface area contributed by atoms with E-state index >= 15 is 0 Å². The van der Waals surface area contributed by atoms with Gasteiger partial charge in [0.25, 0.3) is 0 Å². The molecule has 2 nitrogen and oxygen atoms in total. The van der Waals surface area contributed by atoms with Crippen LogP contribution in [-0.4, -0.2) is 40.8 Å². The topological polar surface area (TPSA) is 26.3 Å². The summed E-state index contributed by atoms with van der Waals surface area (Å²) in [5, 5.41) is 0. The first-order valence-electron chi connectivity index (χ1n) is 15.4. The normalized spacial score (nSPS) is 28.7. The molecular weight excluding hydrogens is 647 g/mol. The third-order valence-corrected chi connectivity index (χ3v) is 12.0. The Hall–Kier alpha value is -1.61. The summed E-state index contributed by atoms with van der Waals surface area (Å²) in [6.07, 6.45) is -0.184. The van der Waals surface area contributed by atoms with E-state index in [2.05, 4.69) is 59.3 Å². The lowest BCUT2D eigenvalue weighted by Crippen LogP contribution is -2.46. The third-order valence-electron chi connectivity index (χ3n) is 10.0. The number of fused-ring (bicyclic) bond motifs is 5. The zero-order chi connectivity index (χ0) is 30.8. The van der Waals surface area contributed by atoms with Crippen molar-refractivity contribution in [2.24, 2.45) is 17.3 Å². The molecule has 2 aromatic carbocycles. The zero-order valence-electron chi connectivity index (χ0n) is 24.5. The van der Waals surface area contributed by atoms with Crippen LogP contribution in [0.3, 0.4) is 0 Å². The fraction of sp³-hybridized carbons (Fsp3) is 0.618. The van der Waals surface area contributed by atoms with Crippen molar-refractivity contribution >= 4 is 33.5 Å². The smallest absolute Gasteiger partial charge is 0.453 e. The molecule has 0 radical (unpaired) electrons. The van der Waals surface area contributed by atoms with Crippen molar-refractivity contribution < 1.29 is 31.5 Å². The molecule has 43 heavy (non-hydrogen) atoms. The molecule has 2 aromatic rings. The van der Waals surface area contributed by atoms with Crippen LogP contribution < -0.4 is 4.74 Å². The van der Waals surface area contributed by atoms with Crippen molar-refractivity contribution in [1.29, 1.82) is 0 Å². The molecule has 3 aliphatic rings. The number of carbonyl (C=O) groups is 1. The van der Waals surface area contributed by atoms with Crippen LogP contribution in [-0.2, 0) is 11.2 Å². The fourth-order valence-electron chi connectivity index (χ4n) is 7.85. The van der Waals surface area contributed by atoms with E-state index in [4.69, 9.17) is 4.74 Å². The number of rotatable bonds is 12. The number of unbranched alkanes of at least 4 members (excludes halogenated alkanes) is 2. The highest BCUT2D eigenvalue weighted by atomic mass is 79.9. The lowest BCUT2D eigenvalue weighted by molar-refractivity contribution is -0.284. The fourth-order valence-corrected chi connectivity index (χ4v) is 9.74. The molecule has 0 unspecified atom stereocenters. The quantitative estimate of drug-likeness (QED) is 0.126. The van der Waals surface area contributed by atoms with E-state index in [1.807, 2.05) is 12.1 Å². The van der Waals surface area contributed by atoms with Gasteiger partial charge in [0.1, 0.15) is 5.75 Å². The van der Waals surface area contributed by atoms with Gasteiger partial charge in [-0.25, -0.2) is 0 Å². The van der Waals surface area contributed by atoms with Gasteiger partial charge in [-0.15, -0.1) is 0 Å². The molecule has 9 heteroatoms. The highest BCUT2D eigenvalue weighted by Gasteiger charge is 2.60. The van der Waals surface area contributed by atoms with Crippen molar-refractivity contribution in [1.82, 2.24) is 0 Å². The summed E-state index contributed by atoms with van der Waals surface area (Å²) in [5.41, 5.74) is 3.84. The van der Waals surface area contributed by atoms with E-state index in [-0.39, 0.29) is 22.6 Å². The maximum Gasteiger partial charge on any atom is 0.453 e. The predicted octanol–water partition coefficient (Wildman–Crippen LogP) is 10.1. The van der Waals surface area contributed by atoms with Crippen molar-refractivity contribution in [3.8, 4) is 5.75 Å². The number of ether oxygens (including phenoxy) is 1. The maximum atomic E-state index is 13.4. The molecule has 6 atom stereocenters. The number of carbonyl (C=O) groups excluding carboxylic acids is 1. The second-order valence-electron chi connectivity index (χ2n) is 12.7. The minimum absolute atomic E-state index is 0.0512. The number of Topliss-reactive ketones (excluding diaryl/α,β-unsaturated/α-hetero) is 1. The summed E-state index contributed by atoms with van der Waals surface area (Å²) in [6.45, 7) is 2.76. The first-order chi connectivity index (χ1) is 20.4. The molecule has 0 saturated heterocycles. The van der Waals surface area contributed by atoms with Crippen LogP contribution in [0.5, 0.6) is 5.75 Å². The van der Waals surface area contributed by atoms with E-state index in [9.17, 15) is 26.7 Å². The number of benzene rings is 2. The Bertz CT molecular complexity index is 1250. The standard InChI is InChI=1S/C34H40BrF5O2S/c1-32-21-27(30-25-9-4-3-8-22(25)12-15-26(30)28(32)20-29(35)31(32)41)23-10-13-24(14-11-23)42-17-5-2-6-18-43-19-7-16-33(36,37)34(38,39)40/h3-4,8-11,13-14,26-30H,2,5-7,12,15-21H2,1H3/t26-,27+,28-,29+,30+,32-/m0/s1. The van der Waals surface area contributed by atoms with Crippen molar-refractivity contribution in [2.75, 3.05) is 18.1 Å². The van der Waals surface area contributed by atoms with Gasteiger partial charge in [-0.2, -0.15) is 33.7 Å². The van der Waals surface area contributed by atoms with Gasteiger partial charge in [0.05, 0.1) is 11.4 Å². The van der Waals surface area contributed by atoms with Gasteiger partial charge >= 0.3 is 12.1 Å². The molecule has 0 amide bonds. The van der Waals surface area contributed by atoms with Crippen LogP contribution in [0.25, 0.3) is 0 Å². The Labute approximate surface area is 264 Å². The first-order valence-corrected chi connectivity index (χ1v) is 17.5. The lowest BCUT2D eigenvalue weighted by Gasteiger charge is -2.52. The van der Waals surface area contributed by atoms with Crippen molar-refractivity contribution in [3.63, 3.8) is 0 Å². The van der Waals surface area contributed by atoms with Crippen molar-refractivity contribution in [2.45, 2.75) is 93.5 Å². The van der Waals surface area contributed by atoms with Crippen LogP contribution in [0, 0.1) is 17.3 Å². The number of thioether (sulfide) groups is 1. The van der Waals surface area contributed by atoms with Gasteiger partial charge in [0.15, 0.2) is 5.78 Å². The Morgan fingerprint density at radius 3 is 2.44 bits per heavy atom. The van der Waals surface area contributed by atoms with Gasteiger partial charge in [-0.05, 0) is 115 Å². The lowest BCUT2D eigenvalue weighted by atomic mass is 9.51. The highest BCUT2D eigenvalue weighted by Crippen LogP contribution is 2.64. The van der Waals surface area contributed by atoms with Crippen LogP contribution in [0.4, 0.5) is 22.0 Å². The van der Waals surface area contributed by atoms with E-state index in [0.29, 0.717) is 35.9 Å². The molecule has 0 aromatic heterocycles. The van der Waals surface area contributed by atoms with Crippen LogP contribution >= 0.6 is 27.7 Å². The van der Waals surface area contributed by atoms with E-state index in [0.717, 1.165) is 56.4 Å². The second kappa shape index (κ2) is 13.4. The maximum absolute atomic E-state index is 13.4. The Balaban J connectivity index is 1.11. The average Bonchev–Trinajstić information content (AvgIpc) is 3.21. The van der Waals surface area contributed by atoms with Gasteiger partial charge in [-0.1, -0.05) is 59.3 Å². The molecule has 236 valence electrons. The predicted molar refractivity (Wildman–Crippen MR) is 166 cm³/mol. The number of hydrogen-bond acceptors (Lipinski definition) is 3. The summed E-state index contributed by atoms with van der Waals surface area (Å²) in [6, 6.07) is 17.2. The number of alkyl halides is 6. The first kappa shape index (κ1) is 32.8. The minimum Gasteiger partial charge on any atom is -0.494 e. The average molecular weight is 688 g/mol. The van der Waals surface area contributed by atoms with Crippen molar-refractivity contribution in [3.05, 3.63) is 65.2 Å².